The second kappa shape index (κ2) is 5.54. The molecule has 104 valence electrons. The maximum absolute atomic E-state index is 10.5. The third-order valence-electron chi connectivity index (χ3n) is 4.57. The Kier molecular flexibility index (Phi) is 3.79. The Hall–Kier alpha value is -1.02. The second-order valence-electron chi connectivity index (χ2n) is 6.19. The number of allylic oxidation sites excluding steroid dienone is 1. The lowest BCUT2D eigenvalue weighted by Crippen LogP contribution is -2.02. The fourth-order valence-electron chi connectivity index (χ4n) is 3.08. The van der Waals surface area contributed by atoms with Gasteiger partial charge in [0, 0.05) is 5.92 Å². The summed E-state index contributed by atoms with van der Waals surface area (Å²) in [7, 11) is 0. The van der Waals surface area contributed by atoms with Gasteiger partial charge in [-0.2, -0.15) is 0 Å². The minimum Gasteiger partial charge on any atom is -0.463 e. The molecule has 1 heterocycles. The molecule has 3 atom stereocenters. The van der Waals surface area contributed by atoms with Gasteiger partial charge < -0.3 is 9.52 Å². The van der Waals surface area contributed by atoms with Crippen LogP contribution in [-0.2, 0) is 0 Å². The Labute approximate surface area is 115 Å². The zero-order valence-corrected chi connectivity index (χ0v) is 11.8. The lowest BCUT2D eigenvalue weighted by atomic mass is 9.95. The van der Waals surface area contributed by atoms with Crippen LogP contribution in [-0.4, -0.2) is 5.11 Å². The van der Waals surface area contributed by atoms with Crippen LogP contribution in [0.2, 0.25) is 0 Å². The first-order chi connectivity index (χ1) is 9.25. The summed E-state index contributed by atoms with van der Waals surface area (Å²) < 4.78 is 5.87. The van der Waals surface area contributed by atoms with Crippen molar-refractivity contribution in [3.63, 3.8) is 0 Å². The van der Waals surface area contributed by atoms with Crippen molar-refractivity contribution in [2.75, 3.05) is 0 Å². The van der Waals surface area contributed by atoms with Gasteiger partial charge in [0.15, 0.2) is 0 Å². The smallest absolute Gasteiger partial charge is 0.136 e. The van der Waals surface area contributed by atoms with Crippen molar-refractivity contribution in [1.29, 1.82) is 0 Å². The fourth-order valence-corrected chi connectivity index (χ4v) is 3.08. The molecule has 0 radical (unpaired) electrons. The maximum Gasteiger partial charge on any atom is 0.136 e. The van der Waals surface area contributed by atoms with Crippen molar-refractivity contribution in [3.05, 3.63) is 35.3 Å². The number of furan rings is 1. The van der Waals surface area contributed by atoms with Crippen LogP contribution in [0, 0.1) is 5.92 Å². The summed E-state index contributed by atoms with van der Waals surface area (Å²) in [5, 5.41) is 10.5. The molecule has 1 aromatic heterocycles. The minimum absolute atomic E-state index is 0.527. The Bertz CT molecular complexity index is 458. The second-order valence-corrected chi connectivity index (χ2v) is 6.19. The summed E-state index contributed by atoms with van der Waals surface area (Å²) in [4.78, 5) is 0. The van der Waals surface area contributed by atoms with E-state index >= 15 is 0 Å². The molecule has 1 N–H and O–H groups in total. The van der Waals surface area contributed by atoms with E-state index in [1.54, 1.807) is 0 Å². The van der Waals surface area contributed by atoms with Gasteiger partial charge >= 0.3 is 0 Å². The van der Waals surface area contributed by atoms with Gasteiger partial charge in [-0.3, -0.25) is 0 Å². The summed E-state index contributed by atoms with van der Waals surface area (Å²) in [5.41, 5.74) is 1.16. The molecular formula is C17H24O2. The zero-order valence-electron chi connectivity index (χ0n) is 11.8. The summed E-state index contributed by atoms with van der Waals surface area (Å²) in [6.07, 6.45) is 10.1. The molecule has 2 nitrogen and oxygen atoms in total. The van der Waals surface area contributed by atoms with Gasteiger partial charge in [-0.05, 0) is 55.7 Å². The van der Waals surface area contributed by atoms with Crippen LogP contribution in [0.4, 0.5) is 0 Å². The fraction of sp³-hybridized carbons (Fsp3) is 0.647. The normalized spacial score (nSPS) is 32.0. The highest BCUT2D eigenvalue weighted by Crippen LogP contribution is 2.48. The van der Waals surface area contributed by atoms with Crippen LogP contribution >= 0.6 is 0 Å². The molecule has 0 spiro atoms. The van der Waals surface area contributed by atoms with Gasteiger partial charge in [-0.25, -0.2) is 0 Å². The third-order valence-corrected chi connectivity index (χ3v) is 4.57. The SMILES string of the molecule is CC1CC1c1ccc(C(O)/C2=C/CCCCCC2)o1. The molecule has 2 aliphatic carbocycles. The molecule has 0 bridgehead atoms. The number of aliphatic hydroxyl groups excluding tert-OH is 1. The van der Waals surface area contributed by atoms with Crippen LogP contribution < -0.4 is 0 Å². The van der Waals surface area contributed by atoms with E-state index in [1.165, 1.54) is 32.1 Å². The Morgan fingerprint density at radius 3 is 2.79 bits per heavy atom. The van der Waals surface area contributed by atoms with Crippen LogP contribution in [0.5, 0.6) is 0 Å². The van der Waals surface area contributed by atoms with E-state index in [-0.39, 0.29) is 0 Å². The first kappa shape index (κ1) is 13.0. The highest BCUT2D eigenvalue weighted by Gasteiger charge is 2.37. The maximum atomic E-state index is 10.5. The molecule has 0 saturated heterocycles. The molecule has 3 unspecified atom stereocenters. The van der Waals surface area contributed by atoms with Gasteiger partial charge in [-0.1, -0.05) is 25.8 Å². The largest absolute Gasteiger partial charge is 0.463 e. The highest BCUT2D eigenvalue weighted by molar-refractivity contribution is 5.23. The Morgan fingerprint density at radius 2 is 2.00 bits per heavy atom. The molecule has 1 fully saturated rings. The topological polar surface area (TPSA) is 33.4 Å². The molecule has 0 aliphatic heterocycles. The average Bonchev–Trinajstić information content (AvgIpc) is 2.91. The summed E-state index contributed by atoms with van der Waals surface area (Å²) in [6.45, 7) is 2.25. The lowest BCUT2D eigenvalue weighted by Gasteiger charge is -2.15. The number of hydrogen-bond acceptors (Lipinski definition) is 2. The van der Waals surface area contributed by atoms with E-state index in [4.69, 9.17) is 4.42 Å². The molecule has 3 rings (SSSR count). The summed E-state index contributed by atoms with van der Waals surface area (Å²) >= 11 is 0. The van der Waals surface area contributed by atoms with E-state index in [9.17, 15) is 5.11 Å². The van der Waals surface area contributed by atoms with E-state index in [0.717, 1.165) is 35.9 Å². The van der Waals surface area contributed by atoms with E-state index in [1.807, 2.05) is 6.07 Å². The summed E-state index contributed by atoms with van der Waals surface area (Å²) in [5.74, 6) is 3.14. The standard InChI is InChI=1S/C17H24O2/c1-12-11-14(12)15-9-10-16(19-15)17(18)13-7-5-3-2-4-6-8-13/h7,9-10,12,14,17-18H,2-6,8,11H2,1H3/b13-7+. The van der Waals surface area contributed by atoms with Gasteiger partial charge in [0.05, 0.1) is 0 Å². The molecular weight excluding hydrogens is 236 g/mol. The van der Waals surface area contributed by atoms with Crippen LogP contribution in [0.1, 0.15) is 75.4 Å². The molecule has 19 heavy (non-hydrogen) atoms. The van der Waals surface area contributed by atoms with Crippen molar-refractivity contribution in [2.24, 2.45) is 5.92 Å². The number of rotatable bonds is 3. The Balaban J connectivity index is 1.71. The molecule has 1 saturated carbocycles. The predicted octanol–water partition coefficient (Wildman–Crippen LogP) is 4.72. The van der Waals surface area contributed by atoms with Gasteiger partial charge in [-0.15, -0.1) is 0 Å². The first-order valence-corrected chi connectivity index (χ1v) is 7.72. The summed E-state index contributed by atoms with van der Waals surface area (Å²) in [6, 6.07) is 4.01. The monoisotopic (exact) mass is 260 g/mol. The lowest BCUT2D eigenvalue weighted by molar-refractivity contribution is 0.177. The molecule has 1 aromatic rings. The quantitative estimate of drug-likeness (QED) is 0.798. The van der Waals surface area contributed by atoms with Crippen molar-refractivity contribution in [2.45, 2.75) is 63.9 Å². The molecule has 0 amide bonds. The molecule has 2 aliphatic rings. The van der Waals surface area contributed by atoms with E-state index in [2.05, 4.69) is 19.1 Å². The van der Waals surface area contributed by atoms with E-state index < -0.39 is 6.10 Å². The van der Waals surface area contributed by atoms with Crippen LogP contribution in [0.3, 0.4) is 0 Å². The number of aliphatic hydroxyl groups is 1. The average molecular weight is 260 g/mol. The van der Waals surface area contributed by atoms with Crippen LogP contribution in [0.25, 0.3) is 0 Å². The molecule has 0 aromatic carbocycles. The van der Waals surface area contributed by atoms with Gasteiger partial charge in [0.1, 0.15) is 17.6 Å². The molecule has 2 heteroatoms. The van der Waals surface area contributed by atoms with Crippen LogP contribution in [0.15, 0.2) is 28.2 Å². The van der Waals surface area contributed by atoms with Gasteiger partial charge in [0.25, 0.3) is 0 Å². The highest BCUT2D eigenvalue weighted by atomic mass is 16.4. The van der Waals surface area contributed by atoms with Crippen molar-refractivity contribution in [1.82, 2.24) is 0 Å². The van der Waals surface area contributed by atoms with Crippen molar-refractivity contribution >= 4 is 0 Å². The number of hydrogen-bond donors (Lipinski definition) is 1. The first-order valence-electron chi connectivity index (χ1n) is 7.72. The third kappa shape index (κ3) is 2.94. The minimum atomic E-state index is -0.527. The van der Waals surface area contributed by atoms with Crippen molar-refractivity contribution in [3.8, 4) is 0 Å². The zero-order chi connectivity index (χ0) is 13.2. The van der Waals surface area contributed by atoms with E-state index in [0.29, 0.717) is 5.92 Å². The Morgan fingerprint density at radius 1 is 1.21 bits per heavy atom. The van der Waals surface area contributed by atoms with Gasteiger partial charge in [0.2, 0.25) is 0 Å². The van der Waals surface area contributed by atoms with Crippen molar-refractivity contribution < 1.29 is 9.52 Å². The predicted molar refractivity (Wildman–Crippen MR) is 76.0 cm³/mol.